The molecule has 0 atom stereocenters. The number of pyridine rings is 3. The highest BCUT2D eigenvalue weighted by atomic mass is 19.1. The molecule has 38 heavy (non-hydrogen) atoms. The van der Waals surface area contributed by atoms with Crippen LogP contribution in [0.5, 0.6) is 0 Å². The Kier molecular flexibility index (Phi) is 5.21. The summed E-state index contributed by atoms with van der Waals surface area (Å²) in [7, 11) is 0. The van der Waals surface area contributed by atoms with Crippen molar-refractivity contribution in [2.75, 3.05) is 5.32 Å². The van der Waals surface area contributed by atoms with Gasteiger partial charge in [-0.3, -0.25) is 14.9 Å². The van der Waals surface area contributed by atoms with Crippen LogP contribution in [0.15, 0.2) is 73.2 Å². The molecule has 0 spiro atoms. The molecule has 186 valence electrons. The molecule has 1 amide bonds. The number of H-pyrrole nitrogens is 2. The van der Waals surface area contributed by atoms with Crippen molar-refractivity contribution < 1.29 is 9.18 Å². The number of aromatic amines is 2. The van der Waals surface area contributed by atoms with Crippen LogP contribution >= 0.6 is 0 Å². The van der Waals surface area contributed by atoms with E-state index < -0.39 is 0 Å². The van der Waals surface area contributed by atoms with Gasteiger partial charge in [-0.25, -0.2) is 14.4 Å². The highest BCUT2D eigenvalue weighted by Gasteiger charge is 2.25. The van der Waals surface area contributed by atoms with Gasteiger partial charge in [-0.1, -0.05) is 24.6 Å². The quantitative estimate of drug-likeness (QED) is 0.263. The second-order valence-corrected chi connectivity index (χ2v) is 9.53. The van der Waals surface area contributed by atoms with Crippen LogP contribution < -0.4 is 5.32 Å². The van der Waals surface area contributed by atoms with Crippen LogP contribution in [0.1, 0.15) is 19.3 Å². The van der Waals surface area contributed by atoms with Crippen LogP contribution in [-0.2, 0) is 4.79 Å². The first-order valence-electron chi connectivity index (χ1n) is 12.5. The normalized spacial score (nSPS) is 13.6. The van der Waals surface area contributed by atoms with E-state index in [0.717, 1.165) is 41.3 Å². The van der Waals surface area contributed by atoms with Gasteiger partial charge in [0.25, 0.3) is 0 Å². The second kappa shape index (κ2) is 8.88. The van der Waals surface area contributed by atoms with Gasteiger partial charge < -0.3 is 10.3 Å². The van der Waals surface area contributed by atoms with Crippen LogP contribution in [0.3, 0.4) is 0 Å². The number of nitrogens with zero attached hydrogens (tertiary/aromatic N) is 4. The molecular formula is C29H22FN7O. The summed E-state index contributed by atoms with van der Waals surface area (Å²) in [5.74, 6) is -0.164. The fraction of sp³-hybridized carbons (Fsp3) is 0.138. The van der Waals surface area contributed by atoms with E-state index in [9.17, 15) is 9.18 Å². The largest absolute Gasteiger partial charge is 0.338 e. The molecular weight excluding hydrogens is 481 g/mol. The van der Waals surface area contributed by atoms with Crippen molar-refractivity contribution in [3.05, 3.63) is 79.0 Å². The van der Waals surface area contributed by atoms with Crippen LogP contribution in [-0.4, -0.2) is 36.0 Å². The fourth-order valence-electron chi connectivity index (χ4n) is 4.88. The molecule has 0 radical (unpaired) electrons. The number of hydrogen-bond acceptors (Lipinski definition) is 5. The predicted molar refractivity (Wildman–Crippen MR) is 144 cm³/mol. The summed E-state index contributed by atoms with van der Waals surface area (Å²) in [4.78, 5) is 29.4. The Morgan fingerprint density at radius 2 is 1.92 bits per heavy atom. The summed E-state index contributed by atoms with van der Waals surface area (Å²) in [6, 6.07) is 16.1. The van der Waals surface area contributed by atoms with Gasteiger partial charge in [0.2, 0.25) is 5.91 Å². The molecule has 6 aromatic rings. The number of aromatic nitrogens is 6. The molecule has 1 fully saturated rings. The van der Waals surface area contributed by atoms with Crippen molar-refractivity contribution in [3.8, 4) is 33.8 Å². The Hall–Kier alpha value is -4.92. The van der Waals surface area contributed by atoms with Crippen molar-refractivity contribution in [3.63, 3.8) is 0 Å². The van der Waals surface area contributed by atoms with Crippen LogP contribution in [0.4, 0.5) is 10.1 Å². The van der Waals surface area contributed by atoms with E-state index in [1.165, 1.54) is 6.07 Å². The average molecular weight is 504 g/mol. The van der Waals surface area contributed by atoms with E-state index in [2.05, 4.69) is 30.5 Å². The van der Waals surface area contributed by atoms with Gasteiger partial charge >= 0.3 is 0 Å². The number of benzene rings is 1. The van der Waals surface area contributed by atoms with Crippen molar-refractivity contribution in [2.24, 2.45) is 5.92 Å². The van der Waals surface area contributed by atoms with E-state index in [4.69, 9.17) is 4.98 Å². The van der Waals surface area contributed by atoms with Gasteiger partial charge in [-0.05, 0) is 54.8 Å². The van der Waals surface area contributed by atoms with Gasteiger partial charge in [0, 0.05) is 34.8 Å². The third-order valence-electron chi connectivity index (χ3n) is 7.14. The first kappa shape index (κ1) is 22.3. The molecule has 1 aromatic carbocycles. The second-order valence-electron chi connectivity index (χ2n) is 9.53. The third-order valence-corrected chi connectivity index (χ3v) is 7.14. The number of nitrogens with one attached hydrogen (secondary N) is 3. The molecule has 7 rings (SSSR count). The highest BCUT2D eigenvalue weighted by Crippen LogP contribution is 2.34. The summed E-state index contributed by atoms with van der Waals surface area (Å²) in [5.41, 5.74) is 6.80. The number of rotatable bonds is 5. The van der Waals surface area contributed by atoms with Crippen molar-refractivity contribution in [1.82, 2.24) is 30.1 Å². The lowest BCUT2D eigenvalue weighted by Crippen LogP contribution is -2.28. The molecule has 9 heteroatoms. The topological polar surface area (TPSA) is 112 Å². The summed E-state index contributed by atoms with van der Waals surface area (Å²) in [5, 5.41) is 11.3. The smallest absolute Gasteiger partial charge is 0.227 e. The molecule has 0 saturated heterocycles. The summed E-state index contributed by atoms with van der Waals surface area (Å²) >= 11 is 0. The number of amides is 1. The lowest BCUT2D eigenvalue weighted by atomic mass is 9.85. The number of carbonyl (C=O) groups is 1. The van der Waals surface area contributed by atoms with Crippen LogP contribution in [0, 0.1) is 11.7 Å². The maximum Gasteiger partial charge on any atom is 0.227 e. The average Bonchev–Trinajstić information content (AvgIpc) is 3.52. The Bertz CT molecular complexity index is 1840. The third kappa shape index (κ3) is 3.80. The number of hydrogen-bond donors (Lipinski definition) is 3. The molecule has 8 nitrogen and oxygen atoms in total. The first-order chi connectivity index (χ1) is 18.6. The molecule has 0 unspecified atom stereocenters. The minimum absolute atomic E-state index is 0.0397. The minimum atomic E-state index is -0.293. The maximum absolute atomic E-state index is 14.6. The van der Waals surface area contributed by atoms with Crippen molar-refractivity contribution in [2.45, 2.75) is 19.3 Å². The number of carbonyl (C=O) groups excluding carboxylic acids is 1. The number of fused-ring (bicyclic) bond motifs is 2. The van der Waals surface area contributed by atoms with Crippen molar-refractivity contribution in [1.29, 1.82) is 0 Å². The summed E-state index contributed by atoms with van der Waals surface area (Å²) < 4.78 is 14.6. The molecule has 0 bridgehead atoms. The molecule has 5 aromatic heterocycles. The Balaban J connectivity index is 1.27. The maximum atomic E-state index is 14.6. The van der Waals surface area contributed by atoms with Gasteiger partial charge in [0.05, 0.1) is 28.8 Å². The SMILES string of the molecule is O=C(Nc1cncc(-c2ccc3[nH]nc(-c4cc5c(-c6ccccc6F)ccnc5[nH]4)c3n2)c1)C1CCC1. The Morgan fingerprint density at radius 1 is 1.03 bits per heavy atom. The molecule has 1 aliphatic rings. The number of anilines is 1. The minimum Gasteiger partial charge on any atom is -0.338 e. The summed E-state index contributed by atoms with van der Waals surface area (Å²) in [6.07, 6.45) is 8.00. The van der Waals surface area contributed by atoms with Crippen molar-refractivity contribution >= 4 is 33.7 Å². The van der Waals surface area contributed by atoms with E-state index in [1.807, 2.05) is 30.3 Å². The van der Waals surface area contributed by atoms with E-state index in [1.54, 1.807) is 36.8 Å². The number of halogens is 1. The van der Waals surface area contributed by atoms with Crippen LogP contribution in [0.25, 0.3) is 55.8 Å². The lowest BCUT2D eigenvalue weighted by molar-refractivity contribution is -0.122. The zero-order chi connectivity index (χ0) is 25.6. The van der Waals surface area contributed by atoms with Gasteiger partial charge in [0.15, 0.2) is 0 Å². The molecule has 5 heterocycles. The standard InChI is InChI=1S/C29H22FN7O/c30-22-7-2-1-6-20(22)19-10-11-32-28-21(19)13-25(35-28)27-26-24(36-37-27)9-8-23(34-26)17-12-18(15-31-14-17)33-29(38)16-4-3-5-16/h1-2,6-16H,3-5H2,(H,32,35)(H,33,38)(H,36,37). The van der Waals surface area contributed by atoms with Gasteiger partial charge in [0.1, 0.15) is 22.7 Å². The molecule has 0 aliphatic heterocycles. The monoisotopic (exact) mass is 503 g/mol. The zero-order valence-corrected chi connectivity index (χ0v) is 20.2. The molecule has 1 aliphatic carbocycles. The zero-order valence-electron chi connectivity index (χ0n) is 20.2. The predicted octanol–water partition coefficient (Wildman–Crippen LogP) is 6.11. The van der Waals surface area contributed by atoms with Gasteiger partial charge in [-0.15, -0.1) is 0 Å². The van der Waals surface area contributed by atoms with E-state index >= 15 is 0 Å². The van der Waals surface area contributed by atoms with Gasteiger partial charge in [-0.2, -0.15) is 5.10 Å². The van der Waals surface area contributed by atoms with E-state index in [0.29, 0.717) is 39.5 Å². The molecule has 1 saturated carbocycles. The van der Waals surface area contributed by atoms with Crippen LogP contribution in [0.2, 0.25) is 0 Å². The summed E-state index contributed by atoms with van der Waals surface area (Å²) in [6.45, 7) is 0. The Labute approximate surface area is 216 Å². The lowest BCUT2D eigenvalue weighted by Gasteiger charge is -2.24. The Morgan fingerprint density at radius 3 is 2.76 bits per heavy atom. The highest BCUT2D eigenvalue weighted by molar-refractivity contribution is 5.99. The van der Waals surface area contributed by atoms with E-state index in [-0.39, 0.29) is 17.6 Å². The fourth-order valence-corrected chi connectivity index (χ4v) is 4.88. The molecule has 3 N–H and O–H groups in total. The first-order valence-corrected chi connectivity index (χ1v) is 12.5.